The van der Waals surface area contributed by atoms with Crippen LogP contribution in [0, 0.1) is 0 Å². The molecular weight excluding hydrogens is 316 g/mol. The highest BCUT2D eigenvalue weighted by Crippen LogP contribution is 2.25. The van der Waals surface area contributed by atoms with Crippen LogP contribution in [0.1, 0.15) is 52.9 Å². The maximum Gasteiger partial charge on any atom is 0.227 e. The fraction of sp³-hybridized carbons (Fsp3) is 0.526. The van der Waals surface area contributed by atoms with Gasteiger partial charge in [-0.1, -0.05) is 38.8 Å². The van der Waals surface area contributed by atoms with E-state index >= 15 is 0 Å². The number of benzene rings is 1. The van der Waals surface area contributed by atoms with Gasteiger partial charge in [-0.2, -0.15) is 0 Å². The quantitative estimate of drug-likeness (QED) is 0.728. The molecule has 1 heterocycles. The Bertz CT molecular complexity index is 690. The van der Waals surface area contributed by atoms with Crippen molar-refractivity contribution in [3.05, 3.63) is 30.6 Å². The predicted octanol–water partition coefficient (Wildman–Crippen LogP) is 3.62. The third-order valence-corrected chi connectivity index (χ3v) is 4.28. The third-order valence-electron chi connectivity index (χ3n) is 4.28. The van der Waals surface area contributed by atoms with Crippen LogP contribution in [0.5, 0.6) is 0 Å². The molecule has 1 amide bonds. The molecule has 0 aliphatic heterocycles. The Morgan fingerprint density at radius 2 is 1.96 bits per heavy atom. The van der Waals surface area contributed by atoms with Crippen LogP contribution >= 0.6 is 0 Å². The van der Waals surface area contributed by atoms with Gasteiger partial charge in [-0.15, -0.1) is 10.2 Å². The lowest BCUT2D eigenvalue weighted by Crippen LogP contribution is -2.33. The molecule has 1 aromatic heterocycles. The van der Waals surface area contributed by atoms with Gasteiger partial charge in [0.25, 0.3) is 0 Å². The van der Waals surface area contributed by atoms with Crippen LogP contribution in [0.15, 0.2) is 30.6 Å². The highest BCUT2D eigenvalue weighted by Gasteiger charge is 2.28. The van der Waals surface area contributed by atoms with Crippen LogP contribution in [-0.4, -0.2) is 31.4 Å². The summed E-state index contributed by atoms with van der Waals surface area (Å²) in [6.07, 6.45) is 4.78. The number of aryl methyl sites for hydroxylation is 1. The summed E-state index contributed by atoms with van der Waals surface area (Å²) in [5.74, 6) is 0.602. The Morgan fingerprint density at radius 1 is 1.24 bits per heavy atom. The van der Waals surface area contributed by atoms with Crippen LogP contribution in [0.2, 0.25) is 0 Å². The average Bonchev–Trinajstić information content (AvgIpc) is 3.03. The van der Waals surface area contributed by atoms with Gasteiger partial charge < -0.3 is 15.0 Å². The summed E-state index contributed by atoms with van der Waals surface area (Å²) in [6, 6.07) is 7.54. The number of amides is 1. The number of hydrogen-bond donors (Lipinski definition) is 2. The molecule has 0 aliphatic rings. The summed E-state index contributed by atoms with van der Waals surface area (Å²) in [5.41, 5.74) is 0.672. The lowest BCUT2D eigenvalue weighted by Gasteiger charge is -2.26. The largest absolute Gasteiger partial charge is 0.389 e. The maximum absolute atomic E-state index is 12.4. The number of rotatable bonds is 9. The van der Waals surface area contributed by atoms with Gasteiger partial charge in [0.2, 0.25) is 5.91 Å². The SMILES string of the molecule is CCCC(O)(CCC)CC(=O)Nc1cccc(-c2nncn2CC)c1. The molecule has 0 atom stereocenters. The first-order valence-corrected chi connectivity index (χ1v) is 9.01. The molecule has 0 fully saturated rings. The maximum atomic E-state index is 12.4. The molecule has 6 heteroatoms. The van der Waals surface area contributed by atoms with E-state index in [1.807, 2.05) is 49.6 Å². The second kappa shape index (κ2) is 8.76. The number of nitrogens with zero attached hydrogens (tertiary/aromatic N) is 3. The molecule has 0 aliphatic carbocycles. The molecule has 0 spiro atoms. The van der Waals surface area contributed by atoms with Crippen LogP contribution < -0.4 is 5.32 Å². The summed E-state index contributed by atoms with van der Waals surface area (Å²) >= 11 is 0. The molecule has 0 bridgehead atoms. The Labute approximate surface area is 149 Å². The van der Waals surface area contributed by atoms with Crippen molar-refractivity contribution in [3.8, 4) is 11.4 Å². The van der Waals surface area contributed by atoms with E-state index in [1.165, 1.54) is 0 Å². The fourth-order valence-electron chi connectivity index (χ4n) is 3.18. The molecule has 0 unspecified atom stereocenters. The van der Waals surface area contributed by atoms with Crippen molar-refractivity contribution in [1.29, 1.82) is 0 Å². The lowest BCUT2D eigenvalue weighted by molar-refractivity contribution is -0.121. The Kier molecular flexibility index (Phi) is 6.70. The lowest BCUT2D eigenvalue weighted by atomic mass is 9.89. The zero-order chi connectivity index (χ0) is 18.3. The number of nitrogens with one attached hydrogen (secondary N) is 1. The molecule has 136 valence electrons. The van der Waals surface area contributed by atoms with Gasteiger partial charge in [0.05, 0.1) is 12.0 Å². The van der Waals surface area contributed by atoms with Gasteiger partial charge in [0.15, 0.2) is 5.82 Å². The molecule has 0 radical (unpaired) electrons. The van der Waals surface area contributed by atoms with Crippen LogP contribution in [-0.2, 0) is 11.3 Å². The number of anilines is 1. The van der Waals surface area contributed by atoms with Crippen LogP contribution in [0.3, 0.4) is 0 Å². The Hall–Kier alpha value is -2.21. The molecule has 6 nitrogen and oxygen atoms in total. The topological polar surface area (TPSA) is 80.0 Å². The van der Waals surface area contributed by atoms with Gasteiger partial charge in [0.1, 0.15) is 6.33 Å². The first-order chi connectivity index (χ1) is 12.0. The number of carbonyl (C=O) groups excluding carboxylic acids is 1. The first kappa shape index (κ1) is 19.1. The van der Waals surface area contributed by atoms with E-state index in [1.54, 1.807) is 6.33 Å². The van der Waals surface area contributed by atoms with Crippen molar-refractivity contribution >= 4 is 11.6 Å². The smallest absolute Gasteiger partial charge is 0.227 e. The molecular formula is C19H28N4O2. The minimum absolute atomic E-state index is 0.115. The molecule has 2 N–H and O–H groups in total. The van der Waals surface area contributed by atoms with Crippen molar-refractivity contribution in [2.75, 3.05) is 5.32 Å². The van der Waals surface area contributed by atoms with E-state index in [-0.39, 0.29) is 12.3 Å². The second-order valence-electron chi connectivity index (χ2n) is 6.47. The monoisotopic (exact) mass is 344 g/mol. The van der Waals surface area contributed by atoms with E-state index in [0.29, 0.717) is 18.5 Å². The molecule has 25 heavy (non-hydrogen) atoms. The van der Waals surface area contributed by atoms with E-state index in [0.717, 1.165) is 30.8 Å². The van der Waals surface area contributed by atoms with Crippen molar-refractivity contribution < 1.29 is 9.90 Å². The summed E-state index contributed by atoms with van der Waals surface area (Å²) in [4.78, 5) is 12.4. The summed E-state index contributed by atoms with van der Waals surface area (Å²) in [5, 5.41) is 21.6. The van der Waals surface area contributed by atoms with Gasteiger partial charge in [-0.25, -0.2) is 0 Å². The zero-order valence-corrected chi connectivity index (χ0v) is 15.3. The number of carbonyl (C=O) groups is 1. The van der Waals surface area contributed by atoms with Crippen LogP contribution in [0.4, 0.5) is 5.69 Å². The Balaban J connectivity index is 2.10. The van der Waals surface area contributed by atoms with Gasteiger partial charge in [0, 0.05) is 17.8 Å². The normalized spacial score (nSPS) is 11.5. The van der Waals surface area contributed by atoms with Crippen molar-refractivity contribution in [1.82, 2.24) is 14.8 Å². The Morgan fingerprint density at radius 3 is 2.60 bits per heavy atom. The first-order valence-electron chi connectivity index (χ1n) is 9.01. The van der Waals surface area contributed by atoms with Crippen molar-refractivity contribution in [2.24, 2.45) is 0 Å². The van der Waals surface area contributed by atoms with Crippen molar-refractivity contribution in [3.63, 3.8) is 0 Å². The molecule has 0 saturated heterocycles. The minimum atomic E-state index is -0.923. The van der Waals surface area contributed by atoms with E-state index in [9.17, 15) is 9.90 Å². The summed E-state index contributed by atoms with van der Waals surface area (Å²) in [7, 11) is 0. The van der Waals surface area contributed by atoms with Gasteiger partial charge in [-0.05, 0) is 31.9 Å². The fourth-order valence-corrected chi connectivity index (χ4v) is 3.18. The minimum Gasteiger partial charge on any atom is -0.389 e. The summed E-state index contributed by atoms with van der Waals surface area (Å²) in [6.45, 7) is 6.85. The van der Waals surface area contributed by atoms with E-state index in [4.69, 9.17) is 0 Å². The van der Waals surface area contributed by atoms with Gasteiger partial charge >= 0.3 is 0 Å². The molecule has 0 saturated carbocycles. The number of aromatic nitrogens is 3. The summed E-state index contributed by atoms with van der Waals surface area (Å²) < 4.78 is 1.95. The highest BCUT2D eigenvalue weighted by molar-refractivity contribution is 5.92. The van der Waals surface area contributed by atoms with Crippen LogP contribution in [0.25, 0.3) is 11.4 Å². The standard InChI is InChI=1S/C19H28N4O2/c1-4-10-19(25,11-5-2)13-17(24)21-16-9-7-8-15(12-16)18-22-20-14-23(18)6-3/h7-9,12,14,25H,4-6,10-11,13H2,1-3H3,(H,21,24). The predicted molar refractivity (Wildman–Crippen MR) is 99.1 cm³/mol. The van der Waals surface area contributed by atoms with Crippen molar-refractivity contribution in [2.45, 2.75) is 65.0 Å². The highest BCUT2D eigenvalue weighted by atomic mass is 16.3. The van der Waals surface area contributed by atoms with E-state index < -0.39 is 5.60 Å². The average molecular weight is 344 g/mol. The molecule has 2 rings (SSSR count). The third kappa shape index (κ3) is 5.13. The molecule has 2 aromatic rings. The van der Waals surface area contributed by atoms with E-state index in [2.05, 4.69) is 15.5 Å². The molecule has 1 aromatic carbocycles. The van der Waals surface area contributed by atoms with Gasteiger partial charge in [-0.3, -0.25) is 4.79 Å². The second-order valence-corrected chi connectivity index (χ2v) is 6.47. The zero-order valence-electron chi connectivity index (χ0n) is 15.3. The number of hydrogen-bond acceptors (Lipinski definition) is 4. The number of aliphatic hydroxyl groups is 1.